The van der Waals surface area contributed by atoms with Gasteiger partial charge in [-0.25, -0.2) is 4.79 Å². The van der Waals surface area contributed by atoms with Crippen molar-refractivity contribution >= 4 is 16.9 Å². The first-order chi connectivity index (χ1) is 16.0. The SMILES string of the molecule is O=C(Oc1c(-c2ccc(O)c(O)c2)oc2cc(O)cc(O)c2c1=O)[C@H]1O[C@H](O)[C@H](O)[C@@H](O)[C@@H]1O. The van der Waals surface area contributed by atoms with E-state index < -0.39 is 82.0 Å². The van der Waals surface area contributed by atoms with E-state index in [0.717, 1.165) is 24.3 Å². The first-order valence-electron chi connectivity index (χ1n) is 9.64. The van der Waals surface area contributed by atoms with Gasteiger partial charge in [0.1, 0.15) is 40.8 Å². The molecule has 2 aromatic carbocycles. The van der Waals surface area contributed by atoms with Gasteiger partial charge in [-0.15, -0.1) is 0 Å². The standard InChI is InChI=1S/C21H18O13/c22-7-4-10(25)12-11(5-7)32-17(6-1-2-8(23)9(24)3-6)18(13(12)26)33-21(31)19-15(28)14(27)16(29)20(30)34-19/h1-5,14-16,19-20,22-25,27-30H/t14-,15-,16+,19-,20-/m0/s1. The maximum atomic E-state index is 13.2. The average molecular weight is 478 g/mol. The molecule has 180 valence electrons. The second-order valence-electron chi connectivity index (χ2n) is 7.47. The Bertz CT molecular complexity index is 1330. The molecule has 0 bridgehead atoms. The number of aliphatic hydroxyl groups excluding tert-OH is 4. The number of rotatable bonds is 3. The molecule has 34 heavy (non-hydrogen) atoms. The highest BCUT2D eigenvalue weighted by atomic mass is 16.7. The summed E-state index contributed by atoms with van der Waals surface area (Å²) in [6.45, 7) is 0. The van der Waals surface area contributed by atoms with E-state index in [1.807, 2.05) is 0 Å². The molecule has 0 unspecified atom stereocenters. The van der Waals surface area contributed by atoms with Crippen LogP contribution < -0.4 is 10.2 Å². The third kappa shape index (κ3) is 3.87. The normalized spacial score (nSPS) is 24.8. The molecule has 1 fully saturated rings. The minimum absolute atomic E-state index is 0.0828. The van der Waals surface area contributed by atoms with E-state index in [1.54, 1.807) is 0 Å². The van der Waals surface area contributed by atoms with Gasteiger partial charge in [-0.1, -0.05) is 0 Å². The van der Waals surface area contributed by atoms with E-state index in [0.29, 0.717) is 0 Å². The molecule has 0 radical (unpaired) electrons. The molecule has 3 aromatic rings. The summed E-state index contributed by atoms with van der Waals surface area (Å²) in [4.78, 5) is 25.9. The van der Waals surface area contributed by atoms with Gasteiger partial charge in [-0.3, -0.25) is 4.79 Å². The minimum atomic E-state index is -2.07. The Hall–Kier alpha value is -3.88. The molecule has 5 atom stereocenters. The van der Waals surface area contributed by atoms with Crippen molar-refractivity contribution in [3.8, 4) is 40.1 Å². The van der Waals surface area contributed by atoms with Crippen LogP contribution in [0.2, 0.25) is 0 Å². The van der Waals surface area contributed by atoms with Crippen LogP contribution in [0, 0.1) is 0 Å². The van der Waals surface area contributed by atoms with Crippen molar-refractivity contribution in [2.45, 2.75) is 30.7 Å². The highest BCUT2D eigenvalue weighted by molar-refractivity contribution is 5.90. The monoisotopic (exact) mass is 478 g/mol. The molecule has 2 heterocycles. The Morgan fingerprint density at radius 3 is 2.24 bits per heavy atom. The lowest BCUT2D eigenvalue weighted by molar-refractivity contribution is -0.279. The van der Waals surface area contributed by atoms with E-state index in [9.17, 15) is 50.4 Å². The van der Waals surface area contributed by atoms with E-state index >= 15 is 0 Å². The van der Waals surface area contributed by atoms with Gasteiger partial charge < -0.3 is 54.7 Å². The van der Waals surface area contributed by atoms with Crippen LogP contribution in [0.25, 0.3) is 22.3 Å². The summed E-state index contributed by atoms with van der Waals surface area (Å²) in [7, 11) is 0. The maximum Gasteiger partial charge on any atom is 0.343 e. The molecule has 1 saturated heterocycles. The van der Waals surface area contributed by atoms with Crippen molar-refractivity contribution in [3.63, 3.8) is 0 Å². The van der Waals surface area contributed by atoms with Gasteiger partial charge in [0.05, 0.1) is 0 Å². The third-order valence-electron chi connectivity index (χ3n) is 5.18. The molecular formula is C21H18O13. The Morgan fingerprint density at radius 1 is 0.853 bits per heavy atom. The summed E-state index contributed by atoms with van der Waals surface area (Å²) in [5.41, 5.74) is -1.52. The average Bonchev–Trinajstić information content (AvgIpc) is 2.77. The summed E-state index contributed by atoms with van der Waals surface area (Å²) >= 11 is 0. The summed E-state index contributed by atoms with van der Waals surface area (Å²) in [5, 5.41) is 77.9. The highest BCUT2D eigenvalue weighted by Crippen LogP contribution is 2.38. The molecule has 1 aliphatic heterocycles. The predicted molar refractivity (Wildman–Crippen MR) is 109 cm³/mol. The van der Waals surface area contributed by atoms with Gasteiger partial charge in [0.15, 0.2) is 29.7 Å². The van der Waals surface area contributed by atoms with Crippen molar-refractivity contribution in [2.24, 2.45) is 0 Å². The second kappa shape index (κ2) is 8.48. The van der Waals surface area contributed by atoms with Crippen molar-refractivity contribution in [2.75, 3.05) is 0 Å². The van der Waals surface area contributed by atoms with E-state index in [2.05, 4.69) is 0 Å². The lowest BCUT2D eigenvalue weighted by Crippen LogP contribution is -2.60. The summed E-state index contributed by atoms with van der Waals surface area (Å²) in [5.74, 6) is -5.14. The maximum absolute atomic E-state index is 13.2. The highest BCUT2D eigenvalue weighted by Gasteiger charge is 2.47. The molecule has 8 N–H and O–H groups in total. The second-order valence-corrected chi connectivity index (χ2v) is 7.47. The van der Waals surface area contributed by atoms with Gasteiger partial charge in [0.25, 0.3) is 0 Å². The zero-order valence-electron chi connectivity index (χ0n) is 16.9. The quantitative estimate of drug-likeness (QED) is 0.167. The van der Waals surface area contributed by atoms with Crippen molar-refractivity contribution in [1.29, 1.82) is 0 Å². The van der Waals surface area contributed by atoms with Gasteiger partial charge in [-0.05, 0) is 18.2 Å². The van der Waals surface area contributed by atoms with Gasteiger partial charge in [0.2, 0.25) is 11.2 Å². The van der Waals surface area contributed by atoms with Crippen LogP contribution in [0.1, 0.15) is 0 Å². The fourth-order valence-corrected chi connectivity index (χ4v) is 3.43. The Kier molecular flexibility index (Phi) is 5.80. The number of hydrogen-bond acceptors (Lipinski definition) is 13. The smallest absolute Gasteiger partial charge is 0.343 e. The van der Waals surface area contributed by atoms with Gasteiger partial charge in [-0.2, -0.15) is 0 Å². The van der Waals surface area contributed by atoms with Crippen molar-refractivity contribution < 1.29 is 59.5 Å². The molecule has 1 aromatic heterocycles. The minimum Gasteiger partial charge on any atom is -0.508 e. The number of carbonyl (C=O) groups excluding carboxylic acids is 1. The molecule has 4 rings (SSSR count). The number of esters is 1. The summed E-state index contributed by atoms with van der Waals surface area (Å²) in [6, 6.07) is 5.03. The van der Waals surface area contributed by atoms with Crippen LogP contribution in [-0.2, 0) is 9.53 Å². The lowest BCUT2D eigenvalue weighted by atomic mass is 9.99. The van der Waals surface area contributed by atoms with E-state index in [4.69, 9.17) is 13.9 Å². The first-order valence-corrected chi connectivity index (χ1v) is 9.64. The predicted octanol–water partition coefficient (Wildman–Crippen LogP) is -1.01. The number of ether oxygens (including phenoxy) is 2. The number of phenolic OH excluding ortho intramolecular Hbond substituents is 4. The largest absolute Gasteiger partial charge is 0.508 e. The van der Waals surface area contributed by atoms with Crippen LogP contribution in [0.15, 0.2) is 39.5 Å². The van der Waals surface area contributed by atoms with Crippen LogP contribution in [0.4, 0.5) is 0 Å². The number of aliphatic hydroxyl groups is 4. The van der Waals surface area contributed by atoms with Gasteiger partial charge in [0, 0.05) is 17.7 Å². The molecular weight excluding hydrogens is 460 g/mol. The zero-order chi connectivity index (χ0) is 24.9. The van der Waals surface area contributed by atoms with Crippen molar-refractivity contribution in [3.05, 3.63) is 40.6 Å². The molecule has 13 nitrogen and oxygen atoms in total. The zero-order valence-corrected chi connectivity index (χ0v) is 16.9. The van der Waals surface area contributed by atoms with Crippen molar-refractivity contribution in [1.82, 2.24) is 0 Å². The molecule has 1 aliphatic rings. The fourth-order valence-electron chi connectivity index (χ4n) is 3.43. The van der Waals surface area contributed by atoms with E-state index in [-0.39, 0.29) is 11.1 Å². The van der Waals surface area contributed by atoms with Crippen LogP contribution in [0.5, 0.6) is 28.7 Å². The number of fused-ring (bicyclic) bond motifs is 1. The third-order valence-corrected chi connectivity index (χ3v) is 5.18. The van der Waals surface area contributed by atoms with E-state index in [1.165, 1.54) is 6.07 Å². The van der Waals surface area contributed by atoms with Gasteiger partial charge >= 0.3 is 5.97 Å². The number of carbonyl (C=O) groups is 1. The van der Waals surface area contributed by atoms with Crippen LogP contribution >= 0.6 is 0 Å². The lowest BCUT2D eigenvalue weighted by Gasteiger charge is -2.36. The molecule has 0 aliphatic carbocycles. The van der Waals surface area contributed by atoms with Crippen LogP contribution in [-0.4, -0.2) is 77.5 Å². The topological polar surface area (TPSA) is 228 Å². The molecule has 0 amide bonds. The molecule has 0 saturated carbocycles. The molecule has 13 heteroatoms. The number of benzene rings is 2. The number of phenols is 4. The number of hydrogen-bond donors (Lipinski definition) is 8. The fraction of sp³-hybridized carbons (Fsp3) is 0.238. The first kappa shape index (κ1) is 23.3. The Morgan fingerprint density at radius 2 is 1.56 bits per heavy atom. The molecule has 0 spiro atoms. The van der Waals surface area contributed by atoms with Crippen LogP contribution in [0.3, 0.4) is 0 Å². The Balaban J connectivity index is 1.86. The number of aromatic hydroxyl groups is 4. The Labute approximate surface area is 188 Å². The summed E-state index contributed by atoms with van der Waals surface area (Å²) < 4.78 is 15.4. The summed E-state index contributed by atoms with van der Waals surface area (Å²) in [6.07, 6.45) is -10.1.